The normalized spacial score (nSPS) is 15.6. The van der Waals surface area contributed by atoms with Crippen molar-refractivity contribution in [2.75, 3.05) is 20.3 Å². The van der Waals surface area contributed by atoms with Gasteiger partial charge in [0.1, 0.15) is 24.0 Å². The molecule has 2 aliphatic heterocycles. The van der Waals surface area contributed by atoms with Crippen molar-refractivity contribution in [3.63, 3.8) is 0 Å². The molecular formula is C29H24ClIN4O4S. The zero-order valence-electron chi connectivity index (χ0n) is 21.8. The van der Waals surface area contributed by atoms with Gasteiger partial charge in [-0.15, -0.1) is 0 Å². The van der Waals surface area contributed by atoms with Crippen molar-refractivity contribution < 1.29 is 19.0 Å². The SMILES string of the molecule is COc1cc(/C=C2/C(=N)N3N=C(c4ccccc4Cl)SC3=NC2=O)cc(I)c1OCCOc1ccc(C)c(C)c1. The number of carbonyl (C=O) groups is 1. The van der Waals surface area contributed by atoms with E-state index in [0.717, 1.165) is 9.32 Å². The van der Waals surface area contributed by atoms with E-state index in [1.54, 1.807) is 25.3 Å². The number of ether oxygens (including phenoxy) is 3. The molecule has 11 heteroatoms. The van der Waals surface area contributed by atoms with Crippen molar-refractivity contribution in [1.82, 2.24) is 5.01 Å². The topological polar surface area (TPSA) is 96.6 Å². The maximum absolute atomic E-state index is 12.9. The molecule has 1 amide bonds. The van der Waals surface area contributed by atoms with E-state index in [1.165, 1.54) is 27.9 Å². The lowest BCUT2D eigenvalue weighted by Gasteiger charge is -2.20. The minimum Gasteiger partial charge on any atom is -0.493 e. The number of nitrogens with zero attached hydrogens (tertiary/aromatic N) is 3. The van der Waals surface area contributed by atoms with Crippen molar-refractivity contribution in [3.8, 4) is 17.2 Å². The molecule has 3 aromatic rings. The zero-order chi connectivity index (χ0) is 28.4. The molecule has 5 rings (SSSR count). The fourth-order valence-corrected chi connectivity index (χ4v) is 5.97. The third-order valence-corrected chi connectivity index (χ3v) is 8.27. The second-order valence-electron chi connectivity index (χ2n) is 8.88. The van der Waals surface area contributed by atoms with Gasteiger partial charge < -0.3 is 14.2 Å². The summed E-state index contributed by atoms with van der Waals surface area (Å²) in [4.78, 5) is 17.1. The molecule has 0 spiro atoms. The number of rotatable bonds is 8. The number of amides is 1. The summed E-state index contributed by atoms with van der Waals surface area (Å²) >= 11 is 9.68. The summed E-state index contributed by atoms with van der Waals surface area (Å²) in [6.07, 6.45) is 1.61. The van der Waals surface area contributed by atoms with Crippen LogP contribution in [0, 0.1) is 22.8 Å². The number of methoxy groups -OCH3 is 1. The quantitative estimate of drug-likeness (QED) is 0.161. The predicted molar refractivity (Wildman–Crippen MR) is 168 cm³/mol. The first-order valence-electron chi connectivity index (χ1n) is 12.2. The van der Waals surface area contributed by atoms with Crippen LogP contribution in [-0.2, 0) is 4.79 Å². The number of thioether (sulfide) groups is 1. The first-order chi connectivity index (χ1) is 19.2. The molecular weight excluding hydrogens is 663 g/mol. The van der Waals surface area contributed by atoms with Crippen molar-refractivity contribution in [1.29, 1.82) is 5.41 Å². The third kappa shape index (κ3) is 5.89. The van der Waals surface area contributed by atoms with Crippen LogP contribution in [0.4, 0.5) is 0 Å². The van der Waals surface area contributed by atoms with Crippen molar-refractivity contribution in [2.24, 2.45) is 10.1 Å². The number of aryl methyl sites for hydroxylation is 2. The lowest BCUT2D eigenvalue weighted by molar-refractivity contribution is -0.114. The maximum atomic E-state index is 12.9. The Kier molecular flexibility index (Phi) is 8.48. The minimum atomic E-state index is -0.517. The molecule has 0 aromatic heterocycles. The van der Waals surface area contributed by atoms with E-state index in [0.29, 0.717) is 51.1 Å². The number of amidine groups is 2. The van der Waals surface area contributed by atoms with Crippen LogP contribution in [-0.4, -0.2) is 47.3 Å². The smallest absolute Gasteiger partial charge is 0.283 e. The summed E-state index contributed by atoms with van der Waals surface area (Å²) in [7, 11) is 1.55. The second kappa shape index (κ2) is 12.0. The Balaban J connectivity index is 1.32. The van der Waals surface area contributed by atoms with Crippen molar-refractivity contribution >= 4 is 74.0 Å². The van der Waals surface area contributed by atoms with Crippen LogP contribution >= 0.6 is 46.0 Å². The second-order valence-corrected chi connectivity index (χ2v) is 11.4. The molecule has 2 aliphatic rings. The predicted octanol–water partition coefficient (Wildman–Crippen LogP) is 6.70. The lowest BCUT2D eigenvalue weighted by atomic mass is 10.1. The van der Waals surface area contributed by atoms with Gasteiger partial charge in [-0.05, 0) is 101 Å². The Bertz CT molecular complexity index is 1620. The van der Waals surface area contributed by atoms with Crippen LogP contribution in [0.15, 0.2) is 70.3 Å². The summed E-state index contributed by atoms with van der Waals surface area (Å²) < 4.78 is 18.2. The van der Waals surface area contributed by atoms with Gasteiger partial charge in [0.25, 0.3) is 5.91 Å². The average Bonchev–Trinajstić information content (AvgIpc) is 3.35. The molecule has 0 unspecified atom stereocenters. The van der Waals surface area contributed by atoms with Crippen molar-refractivity contribution in [2.45, 2.75) is 13.8 Å². The highest BCUT2D eigenvalue weighted by Crippen LogP contribution is 2.36. The molecule has 0 fully saturated rings. The standard InChI is InChI=1S/C29H24ClIN4O4S/c1-16-8-9-19(12-17(16)2)38-10-11-39-25-23(31)14-18(15-24(25)37-3)13-21-26(32)35-29(33-27(21)36)40-28(34-35)20-6-4-5-7-22(20)30/h4-9,12-15,32H,10-11H2,1-3H3/b21-13-,32-26?. The maximum Gasteiger partial charge on any atom is 0.283 e. The number of benzene rings is 3. The Morgan fingerprint density at radius 1 is 1.07 bits per heavy atom. The number of nitrogens with one attached hydrogen (secondary N) is 1. The van der Waals surface area contributed by atoms with Gasteiger partial charge in [0, 0.05) is 5.56 Å². The first kappa shape index (κ1) is 28.2. The van der Waals surface area contributed by atoms with Crippen LogP contribution in [0.2, 0.25) is 5.02 Å². The minimum absolute atomic E-state index is 0.0673. The van der Waals surface area contributed by atoms with E-state index in [9.17, 15) is 4.79 Å². The molecule has 0 atom stereocenters. The third-order valence-electron chi connectivity index (χ3n) is 6.20. The van der Waals surface area contributed by atoms with Crippen LogP contribution < -0.4 is 14.2 Å². The van der Waals surface area contributed by atoms with Crippen molar-refractivity contribution in [3.05, 3.63) is 91.0 Å². The molecule has 3 aromatic carbocycles. The fraction of sp³-hybridized carbons (Fsp3) is 0.172. The summed E-state index contributed by atoms with van der Waals surface area (Å²) in [6.45, 7) is 4.79. The monoisotopic (exact) mass is 686 g/mol. The number of fused-ring (bicyclic) bond motifs is 1. The lowest BCUT2D eigenvalue weighted by Crippen LogP contribution is -2.35. The van der Waals surface area contributed by atoms with E-state index in [4.69, 9.17) is 31.2 Å². The average molecular weight is 687 g/mol. The number of carbonyl (C=O) groups excluding carboxylic acids is 1. The fourth-order valence-electron chi connectivity index (χ4n) is 3.97. The molecule has 2 heterocycles. The van der Waals surface area contributed by atoms with Crippen LogP contribution in [0.25, 0.3) is 6.08 Å². The molecule has 0 aliphatic carbocycles. The van der Waals surface area contributed by atoms with E-state index in [-0.39, 0.29) is 11.4 Å². The molecule has 0 saturated carbocycles. The molecule has 1 N–H and O–H groups in total. The van der Waals surface area contributed by atoms with E-state index < -0.39 is 5.91 Å². The number of aliphatic imine (C=N–C) groups is 1. The number of hydrazone groups is 1. The highest BCUT2D eigenvalue weighted by atomic mass is 127. The van der Waals surface area contributed by atoms with E-state index in [1.807, 2.05) is 49.4 Å². The van der Waals surface area contributed by atoms with Crippen LogP contribution in [0.5, 0.6) is 17.2 Å². The molecule has 204 valence electrons. The van der Waals surface area contributed by atoms with Gasteiger partial charge in [0.15, 0.2) is 17.3 Å². The van der Waals surface area contributed by atoms with Gasteiger partial charge >= 0.3 is 0 Å². The van der Waals surface area contributed by atoms with Gasteiger partial charge in [-0.3, -0.25) is 10.2 Å². The van der Waals surface area contributed by atoms with Gasteiger partial charge in [0.05, 0.1) is 21.3 Å². The number of hydrogen-bond donors (Lipinski definition) is 1. The largest absolute Gasteiger partial charge is 0.493 e. The molecule has 0 bridgehead atoms. The summed E-state index contributed by atoms with van der Waals surface area (Å²) in [6, 6.07) is 16.9. The van der Waals surface area contributed by atoms with Crippen LogP contribution in [0.1, 0.15) is 22.3 Å². The Morgan fingerprint density at radius 3 is 2.60 bits per heavy atom. The first-order valence-corrected chi connectivity index (χ1v) is 14.5. The van der Waals surface area contributed by atoms with E-state index in [2.05, 4.69) is 39.6 Å². The Morgan fingerprint density at radius 2 is 1.85 bits per heavy atom. The zero-order valence-corrected chi connectivity index (χ0v) is 25.6. The molecule has 0 saturated heterocycles. The van der Waals surface area contributed by atoms with Gasteiger partial charge in [-0.25, -0.2) is 0 Å². The van der Waals surface area contributed by atoms with E-state index >= 15 is 0 Å². The molecule has 8 nitrogen and oxygen atoms in total. The van der Waals surface area contributed by atoms with Gasteiger partial charge in [-0.2, -0.15) is 15.1 Å². The molecule has 0 radical (unpaired) electrons. The summed E-state index contributed by atoms with van der Waals surface area (Å²) in [5.41, 5.74) is 3.87. The Labute approximate surface area is 254 Å². The Hall–Kier alpha value is -3.35. The van der Waals surface area contributed by atoms with Gasteiger partial charge in [0.2, 0.25) is 5.17 Å². The summed E-state index contributed by atoms with van der Waals surface area (Å²) in [5, 5.41) is 16.0. The molecule has 40 heavy (non-hydrogen) atoms. The number of hydrogen-bond acceptors (Lipinski definition) is 7. The van der Waals surface area contributed by atoms with Gasteiger partial charge in [-0.1, -0.05) is 35.9 Å². The highest BCUT2D eigenvalue weighted by molar-refractivity contribution is 14.1. The number of halogens is 2. The summed E-state index contributed by atoms with van der Waals surface area (Å²) in [5.74, 6) is 1.28. The highest BCUT2D eigenvalue weighted by Gasteiger charge is 2.36. The van der Waals surface area contributed by atoms with Crippen LogP contribution in [0.3, 0.4) is 0 Å².